The molecule has 2 aliphatic heterocycles. The third-order valence-corrected chi connectivity index (χ3v) is 5.29. The summed E-state index contributed by atoms with van der Waals surface area (Å²) in [7, 11) is 0. The molecular weight excluding hydrogens is 362 g/mol. The van der Waals surface area contributed by atoms with Crippen molar-refractivity contribution >= 4 is 24.3 Å². The summed E-state index contributed by atoms with van der Waals surface area (Å²) in [6.07, 6.45) is 5.68. The number of carbonyl (C=O) groups is 1. The van der Waals surface area contributed by atoms with Crippen LogP contribution in [0.4, 0.5) is 5.95 Å². The second-order valence-corrected chi connectivity index (χ2v) is 7.11. The molecule has 0 aliphatic carbocycles. The number of aromatic nitrogens is 2. The summed E-state index contributed by atoms with van der Waals surface area (Å²) in [5.41, 5.74) is 2.35. The zero-order chi connectivity index (χ0) is 17.9. The summed E-state index contributed by atoms with van der Waals surface area (Å²) in [6.45, 7) is 3.62. The summed E-state index contributed by atoms with van der Waals surface area (Å²) in [6, 6.07) is 9.62. The largest absolute Gasteiger partial charge is 0.317 e. The third-order valence-electron chi connectivity index (χ3n) is 5.29. The lowest BCUT2D eigenvalue weighted by Crippen LogP contribution is -2.39. The molecule has 3 heterocycles. The van der Waals surface area contributed by atoms with Crippen LogP contribution in [0.1, 0.15) is 31.2 Å². The molecule has 2 aromatic rings. The molecular formula is C20H24ClN5O. The second-order valence-electron chi connectivity index (χ2n) is 7.11. The van der Waals surface area contributed by atoms with Crippen molar-refractivity contribution < 1.29 is 4.79 Å². The van der Waals surface area contributed by atoms with Crippen LogP contribution in [-0.2, 0) is 11.3 Å². The maximum atomic E-state index is 12.9. The second kappa shape index (κ2) is 8.55. The molecule has 1 amide bonds. The van der Waals surface area contributed by atoms with Gasteiger partial charge in [0, 0.05) is 31.3 Å². The average molecular weight is 386 g/mol. The van der Waals surface area contributed by atoms with Crippen LogP contribution >= 0.6 is 12.4 Å². The average Bonchev–Trinajstić information content (AvgIpc) is 3.13. The normalized spacial score (nSPS) is 16.9. The Labute approximate surface area is 165 Å². The lowest BCUT2D eigenvalue weighted by atomic mass is 9.94. The van der Waals surface area contributed by atoms with Crippen LogP contribution in [0.25, 0.3) is 11.3 Å². The van der Waals surface area contributed by atoms with Gasteiger partial charge in [0.1, 0.15) is 0 Å². The molecule has 0 saturated carbocycles. The lowest BCUT2D eigenvalue weighted by molar-refractivity contribution is -0.119. The number of hydrogen-bond donors (Lipinski definition) is 1. The van der Waals surface area contributed by atoms with Gasteiger partial charge in [0.15, 0.2) is 0 Å². The number of nitrogens with one attached hydrogen (secondary N) is 1. The number of fused-ring (bicyclic) bond motifs is 1. The van der Waals surface area contributed by atoms with Crippen molar-refractivity contribution in [1.82, 2.24) is 14.9 Å². The molecule has 27 heavy (non-hydrogen) atoms. The summed E-state index contributed by atoms with van der Waals surface area (Å²) in [5, 5.41) is 12.5. The zero-order valence-corrected chi connectivity index (χ0v) is 16.0. The van der Waals surface area contributed by atoms with Gasteiger partial charge in [-0.25, -0.2) is 4.98 Å². The van der Waals surface area contributed by atoms with E-state index >= 15 is 0 Å². The Balaban J connectivity index is 0.00000210. The van der Waals surface area contributed by atoms with Crippen molar-refractivity contribution in [3.05, 3.63) is 36.0 Å². The van der Waals surface area contributed by atoms with Crippen molar-refractivity contribution in [2.24, 2.45) is 5.92 Å². The highest BCUT2D eigenvalue weighted by molar-refractivity contribution is 5.92. The van der Waals surface area contributed by atoms with Gasteiger partial charge < -0.3 is 9.88 Å². The number of halogens is 1. The molecule has 1 aromatic carbocycles. The summed E-state index contributed by atoms with van der Waals surface area (Å²) in [4.78, 5) is 19.5. The first-order valence-corrected chi connectivity index (χ1v) is 9.33. The molecule has 0 radical (unpaired) electrons. The van der Waals surface area contributed by atoms with E-state index in [1.165, 1.54) is 0 Å². The third kappa shape index (κ3) is 4.15. The SMILES string of the molecule is Cl.N#Cc1cccc(-c2cn3c(n2)N(C(=O)CC2CCNCC2)CCC3)c1. The molecule has 1 N–H and O–H groups in total. The lowest BCUT2D eigenvalue weighted by Gasteiger charge is -2.29. The molecule has 142 valence electrons. The van der Waals surface area contributed by atoms with Crippen molar-refractivity contribution in [1.29, 1.82) is 5.26 Å². The van der Waals surface area contributed by atoms with Gasteiger partial charge in [0.2, 0.25) is 11.9 Å². The minimum Gasteiger partial charge on any atom is -0.317 e. The Bertz CT molecular complexity index is 850. The maximum Gasteiger partial charge on any atom is 0.229 e. The first kappa shape index (κ1) is 19.4. The molecule has 0 unspecified atom stereocenters. The number of rotatable bonds is 3. The molecule has 1 fully saturated rings. The van der Waals surface area contributed by atoms with Gasteiger partial charge in [0.25, 0.3) is 0 Å². The topological polar surface area (TPSA) is 74.0 Å². The van der Waals surface area contributed by atoms with E-state index in [-0.39, 0.29) is 18.3 Å². The van der Waals surface area contributed by atoms with Crippen molar-refractivity contribution in [2.45, 2.75) is 32.2 Å². The number of anilines is 1. The number of imidazole rings is 1. The van der Waals surface area contributed by atoms with Crippen molar-refractivity contribution in [3.63, 3.8) is 0 Å². The van der Waals surface area contributed by atoms with E-state index in [0.29, 0.717) is 17.9 Å². The molecule has 0 spiro atoms. The first-order valence-electron chi connectivity index (χ1n) is 9.33. The Morgan fingerprint density at radius 2 is 2.11 bits per heavy atom. The highest BCUT2D eigenvalue weighted by Gasteiger charge is 2.27. The maximum absolute atomic E-state index is 12.9. The number of piperidine rings is 1. The molecule has 0 atom stereocenters. The quantitative estimate of drug-likeness (QED) is 0.881. The number of nitrogens with zero attached hydrogens (tertiary/aromatic N) is 4. The van der Waals surface area contributed by atoms with Crippen LogP contribution in [-0.4, -0.2) is 35.1 Å². The molecule has 1 saturated heterocycles. The number of amides is 1. The van der Waals surface area contributed by atoms with Crippen molar-refractivity contribution in [3.8, 4) is 17.3 Å². The van der Waals surface area contributed by atoms with E-state index in [4.69, 9.17) is 10.2 Å². The highest BCUT2D eigenvalue weighted by atomic mass is 35.5. The Hall–Kier alpha value is -2.36. The van der Waals surface area contributed by atoms with Gasteiger partial charge in [-0.2, -0.15) is 5.26 Å². The molecule has 6 nitrogen and oxygen atoms in total. The van der Waals surface area contributed by atoms with Crippen LogP contribution in [0.2, 0.25) is 0 Å². The smallest absolute Gasteiger partial charge is 0.229 e. The molecule has 7 heteroatoms. The Kier molecular flexibility index (Phi) is 6.15. The van der Waals surface area contributed by atoms with Crippen LogP contribution in [0.3, 0.4) is 0 Å². The molecule has 1 aromatic heterocycles. The van der Waals surface area contributed by atoms with E-state index in [2.05, 4.69) is 16.0 Å². The standard InChI is InChI=1S/C20H23N5O.ClH/c21-13-16-3-1-4-17(11-16)18-14-24-9-2-10-25(20(24)23-18)19(26)12-15-5-7-22-8-6-15;/h1,3-4,11,14-15,22H,2,5-10,12H2;1H. The summed E-state index contributed by atoms with van der Waals surface area (Å²) >= 11 is 0. The number of hydrogen-bond acceptors (Lipinski definition) is 4. The number of benzene rings is 1. The number of nitriles is 1. The van der Waals surface area contributed by atoms with Crippen LogP contribution < -0.4 is 10.2 Å². The first-order chi connectivity index (χ1) is 12.7. The fourth-order valence-corrected chi connectivity index (χ4v) is 3.85. The van der Waals surface area contributed by atoms with E-state index in [9.17, 15) is 4.79 Å². The van der Waals surface area contributed by atoms with Gasteiger partial charge in [-0.15, -0.1) is 12.4 Å². The van der Waals surface area contributed by atoms with Crippen LogP contribution in [0.15, 0.2) is 30.5 Å². The predicted molar refractivity (Wildman–Crippen MR) is 107 cm³/mol. The van der Waals surface area contributed by atoms with Gasteiger partial charge in [-0.05, 0) is 50.4 Å². The number of carbonyl (C=O) groups excluding carboxylic acids is 1. The minimum absolute atomic E-state index is 0. The van der Waals surface area contributed by atoms with E-state index in [1.54, 1.807) is 6.07 Å². The van der Waals surface area contributed by atoms with Gasteiger partial charge in [-0.3, -0.25) is 9.69 Å². The fourth-order valence-electron chi connectivity index (χ4n) is 3.85. The summed E-state index contributed by atoms with van der Waals surface area (Å²) in [5.74, 6) is 1.40. The number of aryl methyl sites for hydroxylation is 1. The minimum atomic E-state index is 0. The Morgan fingerprint density at radius 1 is 1.30 bits per heavy atom. The van der Waals surface area contributed by atoms with E-state index < -0.39 is 0 Å². The van der Waals surface area contributed by atoms with Crippen LogP contribution in [0.5, 0.6) is 0 Å². The summed E-state index contributed by atoms with van der Waals surface area (Å²) < 4.78 is 2.07. The molecule has 4 rings (SSSR count). The monoisotopic (exact) mass is 385 g/mol. The van der Waals surface area contributed by atoms with Gasteiger partial charge in [-0.1, -0.05) is 12.1 Å². The van der Waals surface area contributed by atoms with Gasteiger partial charge in [0.05, 0.1) is 17.3 Å². The fraction of sp³-hybridized carbons (Fsp3) is 0.450. The Morgan fingerprint density at radius 3 is 2.89 bits per heavy atom. The molecule has 0 bridgehead atoms. The van der Waals surface area contributed by atoms with Gasteiger partial charge >= 0.3 is 0 Å². The van der Waals surface area contributed by atoms with E-state index in [1.807, 2.05) is 29.3 Å². The van der Waals surface area contributed by atoms with E-state index in [0.717, 1.165) is 62.6 Å². The van der Waals surface area contributed by atoms with Crippen LogP contribution in [0, 0.1) is 17.2 Å². The molecule has 2 aliphatic rings. The van der Waals surface area contributed by atoms with Crippen molar-refractivity contribution in [2.75, 3.05) is 24.5 Å². The zero-order valence-electron chi connectivity index (χ0n) is 15.2. The highest BCUT2D eigenvalue weighted by Crippen LogP contribution is 2.28. The predicted octanol–water partition coefficient (Wildman–Crippen LogP) is 2.97.